The van der Waals surface area contributed by atoms with E-state index in [0.29, 0.717) is 6.42 Å². The zero-order valence-electron chi connectivity index (χ0n) is 9.89. The van der Waals surface area contributed by atoms with E-state index in [1.807, 2.05) is 0 Å². The molecule has 0 radical (unpaired) electrons. The zero-order valence-corrected chi connectivity index (χ0v) is 9.89. The van der Waals surface area contributed by atoms with Gasteiger partial charge in [-0.1, -0.05) is 6.92 Å². The van der Waals surface area contributed by atoms with E-state index in [9.17, 15) is 4.79 Å². The molecule has 0 aromatic heterocycles. The lowest BCUT2D eigenvalue weighted by molar-refractivity contribution is -0.149. The van der Waals surface area contributed by atoms with Crippen LogP contribution in [0.5, 0.6) is 0 Å². The molecule has 2 fully saturated rings. The first-order chi connectivity index (χ1) is 7.65. The third-order valence-electron chi connectivity index (χ3n) is 3.59. The normalized spacial score (nSPS) is 36.4. The fourth-order valence-corrected chi connectivity index (χ4v) is 2.76. The van der Waals surface area contributed by atoms with Crippen molar-refractivity contribution in [3.8, 4) is 0 Å². The zero-order chi connectivity index (χ0) is 11.5. The lowest BCUT2D eigenvalue weighted by atomic mass is 10.00. The van der Waals surface area contributed by atoms with Gasteiger partial charge in [0.05, 0.1) is 6.10 Å². The lowest BCUT2D eigenvalue weighted by Gasteiger charge is -2.32. The van der Waals surface area contributed by atoms with E-state index in [0.717, 1.165) is 32.0 Å². The minimum atomic E-state index is -0.811. The average molecular weight is 227 g/mol. The molecular formula is C12H21NO3. The Balaban J connectivity index is 1.76. The minimum absolute atomic E-state index is 0.131. The van der Waals surface area contributed by atoms with E-state index in [2.05, 4.69) is 11.8 Å². The van der Waals surface area contributed by atoms with Crippen molar-refractivity contribution < 1.29 is 14.6 Å². The van der Waals surface area contributed by atoms with Crippen molar-refractivity contribution in [2.45, 2.75) is 44.8 Å². The predicted molar refractivity (Wildman–Crippen MR) is 60.4 cm³/mol. The molecule has 0 saturated carbocycles. The first kappa shape index (κ1) is 11.9. The van der Waals surface area contributed by atoms with Gasteiger partial charge in [-0.05, 0) is 38.1 Å². The number of nitrogens with zero attached hydrogens (tertiary/aromatic N) is 1. The third kappa shape index (κ3) is 2.95. The van der Waals surface area contributed by atoms with Gasteiger partial charge in [-0.3, -0.25) is 0 Å². The highest BCUT2D eigenvalue weighted by Gasteiger charge is 2.32. The van der Waals surface area contributed by atoms with Crippen LogP contribution in [0.3, 0.4) is 0 Å². The minimum Gasteiger partial charge on any atom is -0.479 e. The number of piperidine rings is 1. The van der Waals surface area contributed by atoms with Gasteiger partial charge in [-0.15, -0.1) is 0 Å². The Labute approximate surface area is 96.6 Å². The van der Waals surface area contributed by atoms with Crippen molar-refractivity contribution in [1.29, 1.82) is 0 Å². The molecule has 4 heteroatoms. The summed E-state index contributed by atoms with van der Waals surface area (Å²) in [5.41, 5.74) is 0. The van der Waals surface area contributed by atoms with Crippen LogP contribution in [0, 0.1) is 5.92 Å². The Morgan fingerprint density at radius 3 is 2.88 bits per heavy atom. The topological polar surface area (TPSA) is 49.8 Å². The standard InChI is InChI=1S/C12H21NO3/c1-9-3-2-6-13(7-9)8-10-4-5-11(16-10)12(14)15/h9-11H,2-8H2,1H3,(H,14,15)/t9?,10-,11+/m0/s1. The van der Waals surface area contributed by atoms with Crippen LogP contribution in [0.1, 0.15) is 32.6 Å². The van der Waals surface area contributed by atoms with Crippen LogP contribution in [0.2, 0.25) is 0 Å². The summed E-state index contributed by atoms with van der Waals surface area (Å²) in [5.74, 6) is -0.0417. The van der Waals surface area contributed by atoms with Gasteiger partial charge in [0.15, 0.2) is 6.10 Å². The number of hydrogen-bond donors (Lipinski definition) is 1. The summed E-state index contributed by atoms with van der Waals surface area (Å²) >= 11 is 0. The first-order valence-corrected chi connectivity index (χ1v) is 6.26. The van der Waals surface area contributed by atoms with Crippen LogP contribution >= 0.6 is 0 Å². The van der Waals surface area contributed by atoms with Crippen LogP contribution in [-0.4, -0.2) is 47.8 Å². The molecule has 4 nitrogen and oxygen atoms in total. The van der Waals surface area contributed by atoms with E-state index in [1.165, 1.54) is 12.8 Å². The first-order valence-electron chi connectivity index (χ1n) is 6.26. The fourth-order valence-electron chi connectivity index (χ4n) is 2.76. The van der Waals surface area contributed by atoms with Gasteiger partial charge in [-0.25, -0.2) is 4.79 Å². The predicted octanol–water partition coefficient (Wildman–Crippen LogP) is 1.35. The van der Waals surface area contributed by atoms with Gasteiger partial charge in [-0.2, -0.15) is 0 Å². The van der Waals surface area contributed by atoms with E-state index in [4.69, 9.17) is 9.84 Å². The smallest absolute Gasteiger partial charge is 0.332 e. The summed E-state index contributed by atoms with van der Waals surface area (Å²) in [7, 11) is 0. The second kappa shape index (κ2) is 5.15. The van der Waals surface area contributed by atoms with Gasteiger partial charge in [0.1, 0.15) is 0 Å². The molecule has 0 aromatic carbocycles. The Hall–Kier alpha value is -0.610. The Morgan fingerprint density at radius 1 is 1.44 bits per heavy atom. The highest BCUT2D eigenvalue weighted by molar-refractivity contribution is 5.72. The molecule has 0 aromatic rings. The molecule has 0 spiro atoms. The molecule has 2 aliphatic rings. The maximum absolute atomic E-state index is 10.8. The highest BCUT2D eigenvalue weighted by atomic mass is 16.5. The second-order valence-corrected chi connectivity index (χ2v) is 5.17. The van der Waals surface area contributed by atoms with Crippen LogP contribution in [0.25, 0.3) is 0 Å². The maximum Gasteiger partial charge on any atom is 0.332 e. The summed E-state index contributed by atoms with van der Waals surface area (Å²) < 4.78 is 5.52. The molecule has 92 valence electrons. The molecule has 2 rings (SSSR count). The van der Waals surface area contributed by atoms with Gasteiger partial charge in [0, 0.05) is 13.1 Å². The highest BCUT2D eigenvalue weighted by Crippen LogP contribution is 2.23. The number of carbonyl (C=O) groups is 1. The molecule has 0 bridgehead atoms. The SMILES string of the molecule is CC1CCCN(C[C@@H]2CC[C@H](C(=O)O)O2)C1. The number of ether oxygens (including phenoxy) is 1. The van der Waals surface area contributed by atoms with Crippen molar-refractivity contribution in [3.05, 3.63) is 0 Å². The van der Waals surface area contributed by atoms with Gasteiger partial charge in [0.2, 0.25) is 0 Å². The summed E-state index contributed by atoms with van der Waals surface area (Å²) in [5, 5.41) is 8.84. The van der Waals surface area contributed by atoms with Crippen LogP contribution in [0.15, 0.2) is 0 Å². The fraction of sp³-hybridized carbons (Fsp3) is 0.917. The molecule has 16 heavy (non-hydrogen) atoms. The molecule has 0 amide bonds. The van der Waals surface area contributed by atoms with Crippen LogP contribution < -0.4 is 0 Å². The van der Waals surface area contributed by atoms with Crippen molar-refractivity contribution >= 4 is 5.97 Å². The molecule has 0 aliphatic carbocycles. The Bertz CT molecular complexity index is 257. The number of aliphatic carboxylic acids is 1. The molecular weight excluding hydrogens is 206 g/mol. The number of likely N-dealkylation sites (tertiary alicyclic amines) is 1. The average Bonchev–Trinajstić information content (AvgIpc) is 2.66. The van der Waals surface area contributed by atoms with Crippen molar-refractivity contribution in [2.24, 2.45) is 5.92 Å². The lowest BCUT2D eigenvalue weighted by Crippen LogP contribution is -2.39. The largest absolute Gasteiger partial charge is 0.479 e. The number of carboxylic acid groups (broad SMARTS) is 1. The van der Waals surface area contributed by atoms with E-state index < -0.39 is 12.1 Å². The molecule has 2 heterocycles. The molecule has 1 unspecified atom stereocenters. The third-order valence-corrected chi connectivity index (χ3v) is 3.59. The maximum atomic E-state index is 10.8. The van der Waals surface area contributed by atoms with Gasteiger partial charge >= 0.3 is 5.97 Å². The molecule has 2 saturated heterocycles. The summed E-state index contributed by atoms with van der Waals surface area (Å²) in [6, 6.07) is 0. The van der Waals surface area contributed by atoms with E-state index in [-0.39, 0.29) is 6.10 Å². The number of rotatable bonds is 3. The second-order valence-electron chi connectivity index (χ2n) is 5.17. The molecule has 1 N–H and O–H groups in total. The van der Waals surface area contributed by atoms with E-state index >= 15 is 0 Å². The summed E-state index contributed by atoms with van der Waals surface area (Å²) in [4.78, 5) is 13.2. The molecule has 3 atom stereocenters. The van der Waals surface area contributed by atoms with Gasteiger partial charge in [0.25, 0.3) is 0 Å². The Kier molecular flexibility index (Phi) is 3.82. The number of carboxylic acids is 1. The Morgan fingerprint density at radius 2 is 2.25 bits per heavy atom. The summed E-state index contributed by atoms with van der Waals surface area (Å²) in [6.07, 6.45) is 3.71. The number of hydrogen-bond acceptors (Lipinski definition) is 3. The monoisotopic (exact) mass is 227 g/mol. The van der Waals surface area contributed by atoms with Crippen LogP contribution in [-0.2, 0) is 9.53 Å². The van der Waals surface area contributed by atoms with Crippen LogP contribution in [0.4, 0.5) is 0 Å². The van der Waals surface area contributed by atoms with Crippen molar-refractivity contribution in [1.82, 2.24) is 4.90 Å². The van der Waals surface area contributed by atoms with E-state index in [1.54, 1.807) is 0 Å². The quantitative estimate of drug-likeness (QED) is 0.790. The van der Waals surface area contributed by atoms with Gasteiger partial charge < -0.3 is 14.7 Å². The van der Waals surface area contributed by atoms with Crippen molar-refractivity contribution in [3.63, 3.8) is 0 Å². The van der Waals surface area contributed by atoms with Crippen molar-refractivity contribution in [2.75, 3.05) is 19.6 Å². The molecule has 2 aliphatic heterocycles. The summed E-state index contributed by atoms with van der Waals surface area (Å²) in [6.45, 7) is 5.47.